The lowest BCUT2D eigenvalue weighted by molar-refractivity contribution is -0.137. The molecule has 0 N–H and O–H groups in total. The molecular formula is C51H28F3N3O2. The van der Waals surface area contributed by atoms with E-state index in [1.54, 1.807) is 25.1 Å². The molecule has 0 unspecified atom stereocenters. The van der Waals surface area contributed by atoms with Crippen molar-refractivity contribution in [1.29, 1.82) is 0 Å². The van der Waals surface area contributed by atoms with Gasteiger partial charge >= 0.3 is 6.18 Å². The van der Waals surface area contributed by atoms with Gasteiger partial charge in [-0.2, -0.15) is 13.2 Å². The van der Waals surface area contributed by atoms with Gasteiger partial charge in [0, 0.05) is 43.1 Å². The Hall–Kier alpha value is -7.76. The smallest absolute Gasteiger partial charge is 0.417 e. The van der Waals surface area contributed by atoms with E-state index in [0.717, 1.165) is 71.3 Å². The van der Waals surface area contributed by atoms with Gasteiger partial charge in [0.2, 0.25) is 5.69 Å². The minimum atomic E-state index is -4.68. The molecule has 5 nitrogen and oxygen atoms in total. The summed E-state index contributed by atoms with van der Waals surface area (Å²) in [6.45, 7) is 10.8. The summed E-state index contributed by atoms with van der Waals surface area (Å²) in [6.07, 6.45) is -4.68. The van der Waals surface area contributed by atoms with Gasteiger partial charge in [0.05, 0.1) is 45.6 Å². The monoisotopic (exact) mass is 771 g/mol. The molecule has 0 spiro atoms. The highest BCUT2D eigenvalue weighted by Gasteiger charge is 2.36. The molecule has 12 rings (SSSR count). The molecule has 8 aromatic carbocycles. The van der Waals surface area contributed by atoms with Crippen molar-refractivity contribution in [3.05, 3.63) is 174 Å². The first kappa shape index (κ1) is 33.4. The van der Waals surface area contributed by atoms with Gasteiger partial charge in [-0.25, -0.2) is 4.85 Å². The molecule has 12 aromatic rings. The minimum Gasteiger partial charge on any atom is -0.454 e. The van der Waals surface area contributed by atoms with Crippen LogP contribution in [0.4, 0.5) is 18.9 Å². The Morgan fingerprint density at radius 2 is 1.02 bits per heavy atom. The van der Waals surface area contributed by atoms with E-state index in [0.29, 0.717) is 39.2 Å². The van der Waals surface area contributed by atoms with Crippen LogP contribution in [0, 0.1) is 13.5 Å². The van der Waals surface area contributed by atoms with E-state index in [-0.39, 0.29) is 16.8 Å². The molecule has 4 aromatic heterocycles. The Balaban J connectivity index is 1.32. The maximum Gasteiger partial charge on any atom is 0.417 e. The van der Waals surface area contributed by atoms with Crippen molar-refractivity contribution in [2.75, 3.05) is 0 Å². The van der Waals surface area contributed by atoms with Gasteiger partial charge in [0.1, 0.15) is 11.2 Å². The second kappa shape index (κ2) is 11.9. The topological polar surface area (TPSA) is 40.5 Å². The first-order valence-corrected chi connectivity index (χ1v) is 19.2. The highest BCUT2D eigenvalue weighted by molar-refractivity contribution is 6.24. The van der Waals surface area contributed by atoms with Crippen LogP contribution in [0.5, 0.6) is 0 Å². The van der Waals surface area contributed by atoms with E-state index in [9.17, 15) is 0 Å². The predicted molar refractivity (Wildman–Crippen MR) is 231 cm³/mol. The highest BCUT2D eigenvalue weighted by Crippen LogP contribution is 2.51. The van der Waals surface area contributed by atoms with E-state index < -0.39 is 11.7 Å². The number of hydrogen-bond acceptors (Lipinski definition) is 2. The number of fused-ring (bicyclic) bond motifs is 14. The fourth-order valence-electron chi connectivity index (χ4n) is 9.49. The van der Waals surface area contributed by atoms with Crippen LogP contribution in [-0.2, 0) is 6.18 Å². The zero-order valence-corrected chi connectivity index (χ0v) is 31.2. The molecule has 0 atom stereocenters. The molecule has 0 saturated heterocycles. The van der Waals surface area contributed by atoms with Gasteiger partial charge in [-0.15, -0.1) is 0 Å². The quantitative estimate of drug-likeness (QED) is 0.168. The van der Waals surface area contributed by atoms with Gasteiger partial charge in [0.15, 0.2) is 11.2 Å². The van der Waals surface area contributed by atoms with E-state index in [4.69, 9.17) is 15.4 Å². The summed E-state index contributed by atoms with van der Waals surface area (Å²) in [5.41, 5.74) is 6.55. The number of aromatic nitrogens is 2. The summed E-state index contributed by atoms with van der Waals surface area (Å²) in [7, 11) is 0. The molecule has 0 fully saturated rings. The van der Waals surface area contributed by atoms with Crippen LogP contribution in [0.15, 0.2) is 160 Å². The minimum absolute atomic E-state index is 0.0102. The number of halogens is 3. The molecule has 0 saturated carbocycles. The van der Waals surface area contributed by atoms with Crippen molar-refractivity contribution in [3.8, 4) is 22.5 Å². The summed E-state index contributed by atoms with van der Waals surface area (Å²) >= 11 is 0. The second-order valence-corrected chi connectivity index (χ2v) is 15.0. The normalized spacial score (nSPS) is 12.4. The number of para-hydroxylation sites is 4. The molecule has 4 heterocycles. The summed E-state index contributed by atoms with van der Waals surface area (Å²) in [5.74, 6) is 0. The van der Waals surface area contributed by atoms with Crippen LogP contribution < -0.4 is 0 Å². The van der Waals surface area contributed by atoms with Crippen molar-refractivity contribution in [2.24, 2.45) is 0 Å². The molecule has 0 radical (unpaired) electrons. The fraction of sp³-hybridized carbons (Fsp3) is 0.0392. The van der Waals surface area contributed by atoms with E-state index in [2.05, 4.69) is 17.0 Å². The lowest BCUT2D eigenvalue weighted by atomic mass is 9.92. The van der Waals surface area contributed by atoms with Crippen LogP contribution in [0.1, 0.15) is 11.1 Å². The van der Waals surface area contributed by atoms with Crippen LogP contribution in [0.3, 0.4) is 0 Å². The molecule has 0 aliphatic heterocycles. The third kappa shape index (κ3) is 4.50. The molecule has 0 aliphatic carbocycles. The SMILES string of the molecule is [C-]#[N+]c1c(-n2c3ccccc3c3ccc4c5ccccc5oc4c32)ccc(-c2c(C)cccc2C(F)(F)F)c1-n1c2ccccc2c2ccc3c4ccccc4oc3c21. The van der Waals surface area contributed by atoms with Crippen LogP contribution >= 0.6 is 0 Å². The van der Waals surface area contributed by atoms with Crippen molar-refractivity contribution in [3.63, 3.8) is 0 Å². The highest BCUT2D eigenvalue weighted by atomic mass is 19.4. The fourth-order valence-corrected chi connectivity index (χ4v) is 9.49. The summed E-state index contributed by atoms with van der Waals surface area (Å²) in [6, 6.07) is 47.5. The number of hydrogen-bond donors (Lipinski definition) is 0. The van der Waals surface area contributed by atoms with Crippen LogP contribution in [0.2, 0.25) is 0 Å². The Morgan fingerprint density at radius 3 is 1.59 bits per heavy atom. The Morgan fingerprint density at radius 1 is 0.508 bits per heavy atom. The first-order valence-electron chi connectivity index (χ1n) is 19.2. The lowest BCUT2D eigenvalue weighted by Crippen LogP contribution is -2.10. The number of furan rings is 2. The molecular weight excluding hydrogens is 744 g/mol. The van der Waals surface area contributed by atoms with E-state index >= 15 is 13.2 Å². The summed E-state index contributed by atoms with van der Waals surface area (Å²) in [5, 5.41) is 7.25. The number of aryl methyl sites for hydroxylation is 1. The van der Waals surface area contributed by atoms with Crippen molar-refractivity contribution >= 4 is 93.2 Å². The molecule has 59 heavy (non-hydrogen) atoms. The first-order chi connectivity index (χ1) is 28.8. The van der Waals surface area contributed by atoms with Gasteiger partial charge in [-0.05, 0) is 72.1 Å². The Labute approximate surface area is 333 Å². The van der Waals surface area contributed by atoms with Crippen LogP contribution in [-0.4, -0.2) is 9.13 Å². The second-order valence-electron chi connectivity index (χ2n) is 15.0. The summed E-state index contributed by atoms with van der Waals surface area (Å²) in [4.78, 5) is 4.33. The van der Waals surface area contributed by atoms with Crippen molar-refractivity contribution < 1.29 is 22.0 Å². The standard InChI is InChI=1S/C51H28F3N3O2/c1-28-12-11-17-38(51(52,53)54)44(28)37-26-27-41(56-39-18-7-3-13-29(39)33-22-24-35-31-15-5-9-20-42(31)58-49(35)47(33)56)45(55-2)46(37)57-40-19-8-4-14-30(40)34-23-25-36-32-16-6-10-21-43(32)59-50(36)48(34)57/h3-27H,1H3. The lowest BCUT2D eigenvalue weighted by Gasteiger charge is -2.23. The number of benzene rings is 8. The third-order valence-corrected chi connectivity index (χ3v) is 11.9. The van der Waals surface area contributed by atoms with Crippen molar-refractivity contribution in [1.82, 2.24) is 9.13 Å². The molecule has 0 amide bonds. The maximum atomic E-state index is 15.2. The van der Waals surface area contributed by atoms with E-state index in [1.165, 1.54) is 6.07 Å². The van der Waals surface area contributed by atoms with Gasteiger partial charge < -0.3 is 18.0 Å². The van der Waals surface area contributed by atoms with Crippen LogP contribution in [0.25, 0.3) is 115 Å². The number of alkyl halides is 3. The molecule has 0 aliphatic rings. The van der Waals surface area contributed by atoms with E-state index in [1.807, 2.05) is 118 Å². The summed E-state index contributed by atoms with van der Waals surface area (Å²) < 4.78 is 62.9. The van der Waals surface area contributed by atoms with Gasteiger partial charge in [-0.3, -0.25) is 0 Å². The third-order valence-electron chi connectivity index (χ3n) is 11.9. The zero-order chi connectivity index (χ0) is 39.7. The zero-order valence-electron chi connectivity index (χ0n) is 31.2. The van der Waals surface area contributed by atoms with Gasteiger partial charge in [-0.1, -0.05) is 103 Å². The number of rotatable bonds is 3. The average Bonchev–Trinajstić information content (AvgIpc) is 4.00. The van der Waals surface area contributed by atoms with Gasteiger partial charge in [0.25, 0.3) is 0 Å². The molecule has 0 bridgehead atoms. The predicted octanol–water partition coefficient (Wildman–Crippen LogP) is 15.2. The molecule has 8 heteroatoms. The average molecular weight is 772 g/mol. The maximum absolute atomic E-state index is 15.2. The van der Waals surface area contributed by atoms with Crippen molar-refractivity contribution in [2.45, 2.75) is 13.1 Å². The number of nitrogens with zero attached hydrogens (tertiary/aromatic N) is 3. The molecule has 280 valence electrons. The Kier molecular flexibility index (Phi) is 6.73. The largest absolute Gasteiger partial charge is 0.454 e. The Bertz CT molecular complexity index is 3810.